The van der Waals surface area contributed by atoms with Gasteiger partial charge in [-0.25, -0.2) is 0 Å². The van der Waals surface area contributed by atoms with Gasteiger partial charge in [0.2, 0.25) is 0 Å². The van der Waals surface area contributed by atoms with Gasteiger partial charge in [0.15, 0.2) is 0 Å². The first-order valence-electron chi connectivity index (χ1n) is 7.76. The zero-order valence-electron chi connectivity index (χ0n) is 12.5. The van der Waals surface area contributed by atoms with Crippen molar-refractivity contribution in [1.82, 2.24) is 15.1 Å². The second-order valence-electron chi connectivity index (χ2n) is 6.44. The summed E-state index contributed by atoms with van der Waals surface area (Å²) in [6.45, 7) is 3.84. The monoisotopic (exact) mass is 253 g/mol. The summed E-state index contributed by atoms with van der Waals surface area (Å²) in [5.74, 6) is 0.932. The van der Waals surface area contributed by atoms with Gasteiger partial charge >= 0.3 is 0 Å². The van der Waals surface area contributed by atoms with Crippen LogP contribution in [0.15, 0.2) is 0 Å². The molecule has 1 aliphatic carbocycles. The summed E-state index contributed by atoms with van der Waals surface area (Å²) in [6.07, 6.45) is 8.47. The molecule has 0 radical (unpaired) electrons. The Morgan fingerprint density at radius 1 is 1.11 bits per heavy atom. The molecule has 1 aliphatic heterocycles. The first-order chi connectivity index (χ1) is 8.70. The highest BCUT2D eigenvalue weighted by atomic mass is 15.2. The Balaban J connectivity index is 1.75. The Kier molecular flexibility index (Phi) is 5.46. The predicted octanol–water partition coefficient (Wildman–Crippen LogP) is 1.79. The molecule has 1 unspecified atom stereocenters. The van der Waals surface area contributed by atoms with Crippen molar-refractivity contribution in [2.45, 2.75) is 50.6 Å². The molecule has 1 atom stereocenters. The van der Waals surface area contributed by atoms with Gasteiger partial charge in [-0.1, -0.05) is 12.8 Å². The minimum Gasteiger partial charge on any atom is -0.315 e. The Labute approximate surface area is 113 Å². The van der Waals surface area contributed by atoms with Crippen LogP contribution in [0.25, 0.3) is 0 Å². The molecule has 1 saturated carbocycles. The molecule has 0 spiro atoms. The molecule has 1 heterocycles. The molecule has 0 bridgehead atoms. The molecule has 1 saturated heterocycles. The SMILES string of the molecule is CNC(CN1CCC(N(C)C)CC1)C1CCCC1. The summed E-state index contributed by atoms with van der Waals surface area (Å²) in [7, 11) is 6.58. The standard InChI is InChI=1S/C15H31N3/c1-16-15(13-6-4-5-7-13)12-18-10-8-14(9-11-18)17(2)3/h13-16H,4-12H2,1-3H3. The smallest absolute Gasteiger partial charge is 0.0220 e. The molecule has 3 nitrogen and oxygen atoms in total. The maximum absolute atomic E-state index is 3.57. The molecule has 18 heavy (non-hydrogen) atoms. The van der Waals surface area contributed by atoms with Gasteiger partial charge < -0.3 is 15.1 Å². The van der Waals surface area contributed by atoms with Gasteiger partial charge in [-0.05, 0) is 65.8 Å². The van der Waals surface area contributed by atoms with E-state index in [2.05, 4.69) is 36.3 Å². The van der Waals surface area contributed by atoms with Crippen molar-refractivity contribution in [3.05, 3.63) is 0 Å². The lowest BCUT2D eigenvalue weighted by atomic mass is 9.96. The number of hydrogen-bond donors (Lipinski definition) is 1. The first-order valence-corrected chi connectivity index (χ1v) is 7.76. The second kappa shape index (κ2) is 6.88. The molecular weight excluding hydrogens is 222 g/mol. The first kappa shape index (κ1) is 14.3. The van der Waals surface area contributed by atoms with Crippen molar-refractivity contribution in [2.75, 3.05) is 40.8 Å². The number of piperidine rings is 1. The fourth-order valence-electron chi connectivity index (χ4n) is 3.73. The molecule has 0 aromatic rings. The van der Waals surface area contributed by atoms with E-state index in [1.165, 1.54) is 58.2 Å². The van der Waals surface area contributed by atoms with Crippen LogP contribution in [0.3, 0.4) is 0 Å². The second-order valence-corrected chi connectivity index (χ2v) is 6.44. The Hall–Kier alpha value is -0.120. The van der Waals surface area contributed by atoms with Crippen LogP contribution < -0.4 is 5.32 Å². The molecule has 0 aromatic carbocycles. The average molecular weight is 253 g/mol. The van der Waals surface area contributed by atoms with Crippen LogP contribution in [-0.2, 0) is 0 Å². The van der Waals surface area contributed by atoms with Crippen LogP contribution in [-0.4, -0.2) is 62.7 Å². The van der Waals surface area contributed by atoms with Crippen molar-refractivity contribution >= 4 is 0 Å². The zero-order valence-corrected chi connectivity index (χ0v) is 12.5. The van der Waals surface area contributed by atoms with Gasteiger partial charge in [-0.2, -0.15) is 0 Å². The number of nitrogens with zero attached hydrogens (tertiary/aromatic N) is 2. The van der Waals surface area contributed by atoms with E-state index in [9.17, 15) is 0 Å². The van der Waals surface area contributed by atoms with Crippen molar-refractivity contribution in [3.63, 3.8) is 0 Å². The van der Waals surface area contributed by atoms with Crippen LogP contribution in [0, 0.1) is 5.92 Å². The van der Waals surface area contributed by atoms with Gasteiger partial charge in [0.05, 0.1) is 0 Å². The average Bonchev–Trinajstić information content (AvgIpc) is 2.90. The zero-order chi connectivity index (χ0) is 13.0. The highest BCUT2D eigenvalue weighted by Crippen LogP contribution is 2.28. The number of hydrogen-bond acceptors (Lipinski definition) is 3. The lowest BCUT2D eigenvalue weighted by Gasteiger charge is -2.37. The van der Waals surface area contributed by atoms with E-state index >= 15 is 0 Å². The highest BCUT2D eigenvalue weighted by Gasteiger charge is 2.27. The summed E-state index contributed by atoms with van der Waals surface area (Å²) < 4.78 is 0. The van der Waals surface area contributed by atoms with Crippen LogP contribution in [0.4, 0.5) is 0 Å². The fourth-order valence-corrected chi connectivity index (χ4v) is 3.73. The predicted molar refractivity (Wildman–Crippen MR) is 78.0 cm³/mol. The molecule has 0 amide bonds. The lowest BCUT2D eigenvalue weighted by Crippen LogP contribution is -2.48. The molecule has 0 aromatic heterocycles. The third-order valence-corrected chi connectivity index (χ3v) is 5.08. The minimum absolute atomic E-state index is 0.725. The van der Waals surface area contributed by atoms with E-state index < -0.39 is 0 Å². The normalized spacial score (nSPS) is 26.0. The third kappa shape index (κ3) is 3.69. The van der Waals surface area contributed by atoms with Crippen LogP contribution in [0.2, 0.25) is 0 Å². The van der Waals surface area contributed by atoms with Gasteiger partial charge in [0.25, 0.3) is 0 Å². The largest absolute Gasteiger partial charge is 0.315 e. The van der Waals surface area contributed by atoms with Gasteiger partial charge in [0.1, 0.15) is 0 Å². The van der Waals surface area contributed by atoms with Crippen LogP contribution >= 0.6 is 0 Å². The van der Waals surface area contributed by atoms with Crippen molar-refractivity contribution in [1.29, 1.82) is 0 Å². The summed E-state index contributed by atoms with van der Waals surface area (Å²) in [5, 5.41) is 3.57. The van der Waals surface area contributed by atoms with E-state index in [1.807, 2.05) is 0 Å². The quantitative estimate of drug-likeness (QED) is 0.806. The van der Waals surface area contributed by atoms with Crippen molar-refractivity contribution < 1.29 is 0 Å². The van der Waals surface area contributed by atoms with Gasteiger partial charge in [-0.15, -0.1) is 0 Å². The van der Waals surface area contributed by atoms with Crippen LogP contribution in [0.5, 0.6) is 0 Å². The van der Waals surface area contributed by atoms with E-state index in [-0.39, 0.29) is 0 Å². The van der Waals surface area contributed by atoms with Gasteiger partial charge in [0, 0.05) is 18.6 Å². The number of nitrogens with one attached hydrogen (secondary N) is 1. The maximum atomic E-state index is 3.57. The molecule has 106 valence electrons. The number of likely N-dealkylation sites (tertiary alicyclic amines) is 1. The summed E-state index contributed by atoms with van der Waals surface area (Å²) in [5.41, 5.74) is 0. The summed E-state index contributed by atoms with van der Waals surface area (Å²) in [4.78, 5) is 5.07. The minimum atomic E-state index is 0.725. The lowest BCUT2D eigenvalue weighted by molar-refractivity contribution is 0.127. The van der Waals surface area contributed by atoms with E-state index in [1.54, 1.807) is 0 Å². The molecule has 2 fully saturated rings. The Morgan fingerprint density at radius 3 is 2.22 bits per heavy atom. The highest BCUT2D eigenvalue weighted by molar-refractivity contribution is 4.85. The third-order valence-electron chi connectivity index (χ3n) is 5.08. The molecule has 2 aliphatic rings. The Bertz CT molecular complexity index is 228. The van der Waals surface area contributed by atoms with E-state index in [0.29, 0.717) is 0 Å². The summed E-state index contributed by atoms with van der Waals surface area (Å²) in [6, 6.07) is 1.53. The van der Waals surface area contributed by atoms with E-state index in [4.69, 9.17) is 0 Å². The van der Waals surface area contributed by atoms with Crippen molar-refractivity contribution in [3.8, 4) is 0 Å². The van der Waals surface area contributed by atoms with Gasteiger partial charge in [-0.3, -0.25) is 0 Å². The fraction of sp³-hybridized carbons (Fsp3) is 1.00. The topological polar surface area (TPSA) is 18.5 Å². The molecule has 3 heteroatoms. The summed E-state index contributed by atoms with van der Waals surface area (Å²) >= 11 is 0. The molecule has 2 rings (SSSR count). The molecule has 1 N–H and O–H groups in total. The maximum Gasteiger partial charge on any atom is 0.0220 e. The Morgan fingerprint density at radius 2 is 1.72 bits per heavy atom. The molecular formula is C15H31N3. The number of rotatable bonds is 5. The van der Waals surface area contributed by atoms with E-state index in [0.717, 1.165) is 18.0 Å². The van der Waals surface area contributed by atoms with Crippen LogP contribution in [0.1, 0.15) is 38.5 Å². The van der Waals surface area contributed by atoms with Crippen molar-refractivity contribution in [2.24, 2.45) is 5.92 Å². The number of likely N-dealkylation sites (N-methyl/N-ethyl adjacent to an activating group) is 1.